The van der Waals surface area contributed by atoms with E-state index in [-0.39, 0.29) is 11.4 Å². The summed E-state index contributed by atoms with van der Waals surface area (Å²) in [5.74, 6) is 0. The number of sulfonamides is 1. The predicted molar refractivity (Wildman–Crippen MR) is 71.7 cm³/mol. The molecule has 0 saturated heterocycles. The van der Waals surface area contributed by atoms with Crippen molar-refractivity contribution >= 4 is 10.0 Å². The third kappa shape index (κ3) is 3.63. The topological polar surface area (TPSA) is 90.0 Å². The zero-order valence-corrected chi connectivity index (χ0v) is 11.2. The van der Waals surface area contributed by atoms with Crippen molar-refractivity contribution in [2.45, 2.75) is 18.0 Å². The van der Waals surface area contributed by atoms with E-state index in [1.165, 1.54) is 17.1 Å². The summed E-state index contributed by atoms with van der Waals surface area (Å²) in [4.78, 5) is 0.150. The van der Waals surface area contributed by atoms with Crippen molar-refractivity contribution in [2.75, 3.05) is 6.54 Å². The number of benzene rings is 1. The van der Waals surface area contributed by atoms with E-state index < -0.39 is 10.0 Å². The maximum absolute atomic E-state index is 12.0. The molecule has 0 unspecified atom stereocenters. The van der Waals surface area contributed by atoms with Crippen LogP contribution in [-0.4, -0.2) is 24.7 Å². The molecule has 7 heteroatoms. The first-order valence-electron chi connectivity index (χ1n) is 5.88. The van der Waals surface area contributed by atoms with Gasteiger partial charge in [-0.2, -0.15) is 5.10 Å². The Balaban J connectivity index is 2.05. The molecule has 0 saturated carbocycles. The summed E-state index contributed by atoms with van der Waals surface area (Å²) in [6, 6.07) is 9.33. The monoisotopic (exact) mass is 280 g/mol. The normalized spacial score (nSPS) is 11.6. The first-order chi connectivity index (χ1) is 9.12. The average Bonchev–Trinajstić information content (AvgIpc) is 2.88. The molecule has 0 spiro atoms. The first kappa shape index (κ1) is 13.7. The molecule has 1 heterocycles. The lowest BCUT2D eigenvalue weighted by molar-refractivity contribution is 0.580. The molecule has 2 rings (SSSR count). The van der Waals surface area contributed by atoms with Gasteiger partial charge in [0.1, 0.15) is 4.90 Å². The fourth-order valence-corrected chi connectivity index (χ4v) is 2.57. The van der Waals surface area contributed by atoms with Crippen molar-refractivity contribution in [2.24, 2.45) is 5.73 Å². The van der Waals surface area contributed by atoms with Gasteiger partial charge in [0.25, 0.3) is 0 Å². The molecule has 0 aliphatic rings. The van der Waals surface area contributed by atoms with Crippen LogP contribution in [0.4, 0.5) is 0 Å². The summed E-state index contributed by atoms with van der Waals surface area (Å²) in [6.45, 7) is 1.16. The molecule has 0 bridgehead atoms. The van der Waals surface area contributed by atoms with Crippen LogP contribution in [0.2, 0.25) is 0 Å². The number of rotatable bonds is 6. The van der Waals surface area contributed by atoms with Crippen LogP contribution in [-0.2, 0) is 23.1 Å². The van der Waals surface area contributed by atoms with Crippen molar-refractivity contribution in [1.82, 2.24) is 14.5 Å². The molecule has 3 N–H and O–H groups in total. The fourth-order valence-electron chi connectivity index (χ4n) is 1.60. The van der Waals surface area contributed by atoms with E-state index in [1.807, 2.05) is 30.3 Å². The zero-order valence-electron chi connectivity index (χ0n) is 10.4. The molecule has 1 aromatic heterocycles. The van der Waals surface area contributed by atoms with Gasteiger partial charge in [0.15, 0.2) is 0 Å². The smallest absolute Gasteiger partial charge is 0.243 e. The maximum Gasteiger partial charge on any atom is 0.243 e. The van der Waals surface area contributed by atoms with E-state index in [2.05, 4.69) is 9.82 Å². The van der Waals surface area contributed by atoms with E-state index in [0.29, 0.717) is 13.1 Å². The zero-order chi connectivity index (χ0) is 13.7. The third-order valence-electron chi connectivity index (χ3n) is 2.59. The lowest BCUT2D eigenvalue weighted by Crippen LogP contribution is -2.22. The summed E-state index contributed by atoms with van der Waals surface area (Å²) in [6.07, 6.45) is 2.79. The van der Waals surface area contributed by atoms with Crippen LogP contribution in [0.5, 0.6) is 0 Å². The molecule has 0 aliphatic carbocycles. The maximum atomic E-state index is 12.0. The number of nitrogens with two attached hydrogens (primary N) is 1. The molecule has 0 atom stereocenters. The van der Waals surface area contributed by atoms with Gasteiger partial charge in [-0.25, -0.2) is 13.1 Å². The van der Waals surface area contributed by atoms with Gasteiger partial charge < -0.3 is 5.73 Å². The van der Waals surface area contributed by atoms with Crippen molar-refractivity contribution < 1.29 is 8.42 Å². The van der Waals surface area contributed by atoms with Gasteiger partial charge >= 0.3 is 0 Å². The highest BCUT2D eigenvalue weighted by Crippen LogP contribution is 2.08. The highest BCUT2D eigenvalue weighted by Gasteiger charge is 2.15. The largest absolute Gasteiger partial charge is 0.329 e. The second-order valence-corrected chi connectivity index (χ2v) is 5.80. The van der Waals surface area contributed by atoms with E-state index in [4.69, 9.17) is 5.73 Å². The van der Waals surface area contributed by atoms with Crippen molar-refractivity contribution in [3.05, 3.63) is 48.3 Å². The number of nitrogens with zero attached hydrogens (tertiary/aromatic N) is 2. The van der Waals surface area contributed by atoms with Gasteiger partial charge in [-0.1, -0.05) is 30.3 Å². The quantitative estimate of drug-likeness (QED) is 0.797. The summed E-state index contributed by atoms with van der Waals surface area (Å²) in [7, 11) is -3.53. The van der Waals surface area contributed by atoms with E-state index in [1.54, 1.807) is 0 Å². The van der Waals surface area contributed by atoms with Gasteiger partial charge in [-0.05, 0) is 5.56 Å². The van der Waals surface area contributed by atoms with Crippen molar-refractivity contribution in [3.8, 4) is 0 Å². The Morgan fingerprint density at radius 2 is 2.00 bits per heavy atom. The molecule has 0 radical (unpaired) electrons. The Morgan fingerprint density at radius 1 is 1.26 bits per heavy atom. The Bertz CT molecular complexity index is 622. The summed E-state index contributed by atoms with van der Waals surface area (Å²) in [5.41, 5.74) is 6.29. The van der Waals surface area contributed by atoms with Gasteiger partial charge in [0.2, 0.25) is 10.0 Å². The predicted octanol–water partition coefficient (Wildman–Crippen LogP) is 0.320. The number of aromatic nitrogens is 2. The third-order valence-corrected chi connectivity index (χ3v) is 3.94. The van der Waals surface area contributed by atoms with Gasteiger partial charge in [0, 0.05) is 19.3 Å². The standard InChI is InChI=1S/C12H16N4O2S/c13-6-7-16-10-12(9-14-16)19(17,18)15-8-11-4-2-1-3-5-11/h1-5,9-10,15H,6-8,13H2. The molecule has 102 valence electrons. The second kappa shape index (κ2) is 5.96. The molecule has 2 aromatic rings. The summed E-state index contributed by atoms with van der Waals surface area (Å²) >= 11 is 0. The van der Waals surface area contributed by atoms with Gasteiger partial charge in [0.05, 0.1) is 12.7 Å². The highest BCUT2D eigenvalue weighted by molar-refractivity contribution is 7.89. The molecular formula is C12H16N4O2S. The molecule has 0 fully saturated rings. The van der Waals surface area contributed by atoms with Crippen molar-refractivity contribution in [3.63, 3.8) is 0 Å². The van der Waals surface area contributed by atoms with Crippen LogP contribution < -0.4 is 10.5 Å². The number of hydrogen-bond acceptors (Lipinski definition) is 4. The van der Waals surface area contributed by atoms with Crippen LogP contribution in [0.15, 0.2) is 47.6 Å². The van der Waals surface area contributed by atoms with E-state index >= 15 is 0 Å². The lowest BCUT2D eigenvalue weighted by atomic mass is 10.2. The minimum atomic E-state index is -3.53. The van der Waals surface area contributed by atoms with Crippen LogP contribution in [0.25, 0.3) is 0 Å². The Morgan fingerprint density at radius 3 is 2.68 bits per heavy atom. The minimum absolute atomic E-state index is 0.150. The fraction of sp³-hybridized carbons (Fsp3) is 0.250. The SMILES string of the molecule is NCCn1cc(S(=O)(=O)NCc2ccccc2)cn1. The van der Waals surface area contributed by atoms with Crippen LogP contribution in [0.1, 0.15) is 5.56 Å². The van der Waals surface area contributed by atoms with E-state index in [9.17, 15) is 8.42 Å². The first-order valence-corrected chi connectivity index (χ1v) is 7.36. The van der Waals surface area contributed by atoms with E-state index in [0.717, 1.165) is 5.56 Å². The van der Waals surface area contributed by atoms with Crippen molar-refractivity contribution in [1.29, 1.82) is 0 Å². The second-order valence-electron chi connectivity index (χ2n) is 4.04. The Kier molecular flexibility index (Phi) is 4.31. The highest BCUT2D eigenvalue weighted by atomic mass is 32.2. The number of nitrogens with one attached hydrogen (secondary N) is 1. The molecule has 0 aliphatic heterocycles. The van der Waals surface area contributed by atoms with Crippen LogP contribution >= 0.6 is 0 Å². The lowest BCUT2D eigenvalue weighted by Gasteiger charge is -2.04. The molecule has 1 aromatic carbocycles. The van der Waals surface area contributed by atoms with Gasteiger partial charge in [-0.15, -0.1) is 0 Å². The molecule has 19 heavy (non-hydrogen) atoms. The summed E-state index contributed by atoms with van der Waals surface area (Å²) < 4.78 is 28.1. The minimum Gasteiger partial charge on any atom is -0.329 e. The summed E-state index contributed by atoms with van der Waals surface area (Å²) in [5, 5.41) is 3.94. The average molecular weight is 280 g/mol. The van der Waals surface area contributed by atoms with Gasteiger partial charge in [-0.3, -0.25) is 4.68 Å². The molecular weight excluding hydrogens is 264 g/mol. The van der Waals surface area contributed by atoms with Crippen LogP contribution in [0.3, 0.4) is 0 Å². The molecule has 6 nitrogen and oxygen atoms in total. The molecule has 0 amide bonds. The Hall–Kier alpha value is -1.70. The number of hydrogen-bond donors (Lipinski definition) is 2. The van der Waals surface area contributed by atoms with Crippen LogP contribution in [0, 0.1) is 0 Å². The Labute approximate surface area is 112 Å².